The maximum atomic E-state index is 12.4. The summed E-state index contributed by atoms with van der Waals surface area (Å²) in [5.74, 6) is -2.67. The van der Waals surface area contributed by atoms with Gasteiger partial charge in [-0.25, -0.2) is 0 Å². The maximum absolute atomic E-state index is 12.4. The third-order valence-electron chi connectivity index (χ3n) is 4.17. The number of hydrogen-bond acceptors (Lipinski definition) is 5. The zero-order valence-corrected chi connectivity index (χ0v) is 14.0. The number of carboxylic acids is 2. The van der Waals surface area contributed by atoms with E-state index in [-0.39, 0.29) is 12.0 Å². The van der Waals surface area contributed by atoms with Gasteiger partial charge in [-0.05, 0) is 30.5 Å². The van der Waals surface area contributed by atoms with Crippen LogP contribution >= 0.6 is 0 Å². The Morgan fingerprint density at radius 2 is 1.81 bits per heavy atom. The lowest BCUT2D eigenvalue weighted by Crippen LogP contribution is -2.40. The summed E-state index contributed by atoms with van der Waals surface area (Å²) in [6.45, 7) is 0.609. The molecule has 0 unspecified atom stereocenters. The highest BCUT2D eigenvalue weighted by Crippen LogP contribution is 2.19. The van der Waals surface area contributed by atoms with E-state index in [4.69, 9.17) is 10.2 Å². The largest absolute Gasteiger partial charge is 0.481 e. The number of likely N-dealkylation sites (tertiary alicyclic amines) is 1. The first-order valence-corrected chi connectivity index (χ1v) is 8.10. The quantitative estimate of drug-likeness (QED) is 0.519. The van der Waals surface area contributed by atoms with Crippen LogP contribution in [0.2, 0.25) is 0 Å². The minimum absolute atomic E-state index is 0.0756. The Hall–Kier alpha value is -3.34. The Bertz CT molecular complexity index is 756. The summed E-state index contributed by atoms with van der Waals surface area (Å²) in [6, 6.07) is 8.47. The number of anilines is 1. The van der Waals surface area contributed by atoms with Crippen molar-refractivity contribution in [1.82, 2.24) is 4.90 Å². The van der Waals surface area contributed by atoms with Crippen LogP contribution in [-0.4, -0.2) is 46.0 Å². The van der Waals surface area contributed by atoms with Crippen LogP contribution in [0.3, 0.4) is 0 Å². The first-order chi connectivity index (χ1) is 12.4. The number of benzene rings is 1. The van der Waals surface area contributed by atoms with Crippen LogP contribution in [0.5, 0.6) is 0 Å². The SMILES string of the molecule is N#C/C(=C/Nc1ccc(CC(=O)O)cc1)C(=O)N1CCC(C(=O)O)CC1. The molecule has 0 aromatic heterocycles. The van der Waals surface area contributed by atoms with Crippen LogP contribution in [0.15, 0.2) is 36.0 Å². The molecule has 0 radical (unpaired) electrons. The van der Waals surface area contributed by atoms with Crippen molar-refractivity contribution in [3.63, 3.8) is 0 Å². The van der Waals surface area contributed by atoms with Crippen molar-refractivity contribution in [2.24, 2.45) is 5.92 Å². The van der Waals surface area contributed by atoms with Crippen molar-refractivity contribution in [3.05, 3.63) is 41.6 Å². The molecule has 8 heteroatoms. The molecule has 1 heterocycles. The number of nitriles is 1. The highest BCUT2D eigenvalue weighted by atomic mass is 16.4. The van der Waals surface area contributed by atoms with Gasteiger partial charge >= 0.3 is 11.9 Å². The van der Waals surface area contributed by atoms with E-state index in [9.17, 15) is 19.6 Å². The number of amides is 1. The fourth-order valence-corrected chi connectivity index (χ4v) is 2.69. The molecule has 8 nitrogen and oxygen atoms in total. The van der Waals surface area contributed by atoms with Crippen molar-refractivity contribution in [1.29, 1.82) is 5.26 Å². The van der Waals surface area contributed by atoms with Gasteiger partial charge in [-0.1, -0.05) is 12.1 Å². The van der Waals surface area contributed by atoms with Gasteiger partial charge in [0.2, 0.25) is 0 Å². The van der Waals surface area contributed by atoms with E-state index in [0.29, 0.717) is 37.2 Å². The topological polar surface area (TPSA) is 131 Å². The van der Waals surface area contributed by atoms with Gasteiger partial charge in [0.25, 0.3) is 5.91 Å². The molecular weight excluding hydrogens is 338 g/mol. The van der Waals surface area contributed by atoms with Gasteiger partial charge in [0.1, 0.15) is 11.6 Å². The second-order valence-electron chi connectivity index (χ2n) is 5.99. The van der Waals surface area contributed by atoms with E-state index in [1.165, 1.54) is 11.1 Å². The molecule has 1 fully saturated rings. The number of aliphatic carboxylic acids is 2. The lowest BCUT2D eigenvalue weighted by atomic mass is 9.97. The number of piperidine rings is 1. The summed E-state index contributed by atoms with van der Waals surface area (Å²) < 4.78 is 0. The number of carbonyl (C=O) groups is 3. The number of carboxylic acid groups (broad SMARTS) is 2. The Kier molecular flexibility index (Phi) is 6.33. The average Bonchev–Trinajstić information content (AvgIpc) is 2.63. The number of rotatable bonds is 6. The van der Waals surface area contributed by atoms with Crippen LogP contribution < -0.4 is 5.32 Å². The highest BCUT2D eigenvalue weighted by molar-refractivity contribution is 5.97. The molecule has 1 amide bonds. The summed E-state index contributed by atoms with van der Waals surface area (Å²) in [5, 5.41) is 29.8. The molecule has 1 saturated heterocycles. The molecule has 0 bridgehead atoms. The Morgan fingerprint density at radius 1 is 1.19 bits per heavy atom. The zero-order chi connectivity index (χ0) is 19.1. The second-order valence-corrected chi connectivity index (χ2v) is 5.99. The van der Waals surface area contributed by atoms with Gasteiger partial charge in [0.15, 0.2) is 0 Å². The third kappa shape index (κ3) is 5.08. The molecule has 26 heavy (non-hydrogen) atoms. The van der Waals surface area contributed by atoms with E-state index in [1.54, 1.807) is 24.3 Å². The molecule has 136 valence electrons. The number of hydrogen-bond donors (Lipinski definition) is 3. The molecule has 3 N–H and O–H groups in total. The van der Waals surface area contributed by atoms with Crippen molar-refractivity contribution in [2.75, 3.05) is 18.4 Å². The normalized spacial score (nSPS) is 15.2. The smallest absolute Gasteiger partial charge is 0.307 e. The maximum Gasteiger partial charge on any atom is 0.307 e. The lowest BCUT2D eigenvalue weighted by molar-refractivity contribution is -0.145. The van der Waals surface area contributed by atoms with Crippen LogP contribution in [0.4, 0.5) is 5.69 Å². The van der Waals surface area contributed by atoms with Gasteiger partial charge < -0.3 is 20.4 Å². The minimum atomic E-state index is -0.922. The molecule has 0 spiro atoms. The van der Waals surface area contributed by atoms with E-state index >= 15 is 0 Å². The average molecular weight is 357 g/mol. The zero-order valence-electron chi connectivity index (χ0n) is 14.0. The molecule has 0 atom stereocenters. The van der Waals surface area contributed by atoms with Gasteiger partial charge in [-0.15, -0.1) is 0 Å². The lowest BCUT2D eigenvalue weighted by Gasteiger charge is -2.29. The first kappa shape index (κ1) is 19.0. The number of nitrogens with one attached hydrogen (secondary N) is 1. The van der Waals surface area contributed by atoms with Crippen LogP contribution in [-0.2, 0) is 20.8 Å². The molecule has 0 saturated carbocycles. The first-order valence-electron chi connectivity index (χ1n) is 8.10. The summed E-state index contributed by atoms with van der Waals surface area (Å²) in [6.07, 6.45) is 1.97. The molecule has 1 aromatic rings. The van der Waals surface area contributed by atoms with Gasteiger partial charge in [-0.3, -0.25) is 14.4 Å². The van der Waals surface area contributed by atoms with Gasteiger partial charge in [-0.2, -0.15) is 5.26 Å². The summed E-state index contributed by atoms with van der Waals surface area (Å²) in [5.41, 5.74) is 1.18. The molecule has 1 aromatic carbocycles. The monoisotopic (exact) mass is 357 g/mol. The number of carbonyl (C=O) groups excluding carboxylic acids is 1. The van der Waals surface area contributed by atoms with Gasteiger partial charge in [0.05, 0.1) is 12.3 Å². The Labute approximate surface area is 150 Å². The van der Waals surface area contributed by atoms with Crippen molar-refractivity contribution in [3.8, 4) is 6.07 Å². The predicted octanol–water partition coefficient (Wildman–Crippen LogP) is 1.46. The molecule has 1 aliphatic heterocycles. The van der Waals surface area contributed by atoms with Crippen LogP contribution in [0.1, 0.15) is 18.4 Å². The standard InChI is InChI=1S/C18H19N3O5/c19-10-14(17(24)21-7-5-13(6-8-21)18(25)26)11-20-15-3-1-12(2-4-15)9-16(22)23/h1-4,11,13,20H,5-9H2,(H,22,23)(H,25,26)/b14-11-. The van der Waals surface area contributed by atoms with E-state index in [1.807, 2.05) is 6.07 Å². The Morgan fingerprint density at radius 3 is 2.31 bits per heavy atom. The minimum Gasteiger partial charge on any atom is -0.481 e. The molecule has 1 aliphatic rings. The van der Waals surface area contributed by atoms with Crippen LogP contribution in [0, 0.1) is 17.2 Å². The molecule has 2 rings (SSSR count). The van der Waals surface area contributed by atoms with Crippen molar-refractivity contribution < 1.29 is 24.6 Å². The predicted molar refractivity (Wildman–Crippen MR) is 92.0 cm³/mol. The van der Waals surface area contributed by atoms with E-state index < -0.39 is 23.8 Å². The Balaban J connectivity index is 1.97. The fraction of sp³-hybridized carbons (Fsp3) is 0.333. The van der Waals surface area contributed by atoms with E-state index in [2.05, 4.69) is 5.32 Å². The van der Waals surface area contributed by atoms with Gasteiger partial charge in [0, 0.05) is 25.0 Å². The summed E-state index contributed by atoms with van der Waals surface area (Å²) in [7, 11) is 0. The second kappa shape index (κ2) is 8.67. The van der Waals surface area contributed by atoms with Crippen molar-refractivity contribution in [2.45, 2.75) is 19.3 Å². The van der Waals surface area contributed by atoms with Crippen LogP contribution in [0.25, 0.3) is 0 Å². The fourth-order valence-electron chi connectivity index (χ4n) is 2.69. The molecular formula is C18H19N3O5. The molecule has 0 aliphatic carbocycles. The van der Waals surface area contributed by atoms with E-state index in [0.717, 1.165) is 0 Å². The third-order valence-corrected chi connectivity index (χ3v) is 4.17. The summed E-state index contributed by atoms with van der Waals surface area (Å²) >= 11 is 0. The van der Waals surface area contributed by atoms with Crippen molar-refractivity contribution >= 4 is 23.5 Å². The summed E-state index contributed by atoms with van der Waals surface area (Å²) in [4.78, 5) is 35.5. The highest BCUT2D eigenvalue weighted by Gasteiger charge is 2.28. The number of nitrogens with zero attached hydrogens (tertiary/aromatic N) is 2.